The van der Waals surface area contributed by atoms with Crippen LogP contribution in [0.4, 0.5) is 0 Å². The molecule has 0 aromatic heterocycles. The van der Waals surface area contributed by atoms with Crippen molar-refractivity contribution in [2.75, 3.05) is 0 Å². The molecule has 1 rings (SSSR count). The summed E-state index contributed by atoms with van der Waals surface area (Å²) in [6.07, 6.45) is 5.94. The van der Waals surface area contributed by atoms with Gasteiger partial charge in [-0.1, -0.05) is 47.5 Å². The first kappa shape index (κ1) is 12.1. The Hall–Kier alpha value is 0. The summed E-state index contributed by atoms with van der Waals surface area (Å²) >= 11 is 0. The molecule has 0 amide bonds. The summed E-state index contributed by atoms with van der Waals surface area (Å²) in [5.41, 5.74) is 0. The van der Waals surface area contributed by atoms with E-state index >= 15 is 0 Å². The summed E-state index contributed by atoms with van der Waals surface area (Å²) in [7, 11) is 0. The molecule has 0 nitrogen and oxygen atoms in total. The summed E-state index contributed by atoms with van der Waals surface area (Å²) in [6, 6.07) is 0. The Morgan fingerprint density at radius 3 is 1.86 bits per heavy atom. The molecular weight excluding hydrogens is 168 g/mol. The molecule has 0 aromatic rings. The SMILES string of the molecule is CC(C)C(C)CC(C)C(C)CC1CC1. The lowest BCUT2D eigenvalue weighted by molar-refractivity contribution is 0.257. The predicted octanol–water partition coefficient (Wildman–Crippen LogP) is 4.74. The molecule has 84 valence electrons. The standard InChI is InChI=1S/C14H28/c1-10(2)11(3)8-12(4)13(5)9-14-6-7-14/h10-14H,6-9H2,1-5H3. The van der Waals surface area contributed by atoms with Crippen LogP contribution in [-0.2, 0) is 0 Å². The maximum absolute atomic E-state index is 2.45. The van der Waals surface area contributed by atoms with Gasteiger partial charge < -0.3 is 0 Å². The van der Waals surface area contributed by atoms with Gasteiger partial charge in [0, 0.05) is 0 Å². The molecule has 0 aromatic carbocycles. The van der Waals surface area contributed by atoms with Crippen molar-refractivity contribution in [1.82, 2.24) is 0 Å². The minimum atomic E-state index is 0.852. The first-order valence-corrected chi connectivity index (χ1v) is 6.50. The molecule has 1 fully saturated rings. The number of hydrogen-bond acceptors (Lipinski definition) is 0. The summed E-state index contributed by atoms with van der Waals surface area (Å²) in [5, 5.41) is 0. The molecule has 0 radical (unpaired) electrons. The number of rotatable bonds is 6. The Morgan fingerprint density at radius 2 is 1.43 bits per heavy atom. The van der Waals surface area contributed by atoms with Crippen LogP contribution in [0.1, 0.15) is 60.3 Å². The molecule has 0 bridgehead atoms. The van der Waals surface area contributed by atoms with Crippen molar-refractivity contribution in [2.45, 2.75) is 60.3 Å². The van der Waals surface area contributed by atoms with Crippen molar-refractivity contribution >= 4 is 0 Å². The molecule has 1 saturated carbocycles. The second kappa shape index (κ2) is 5.19. The van der Waals surface area contributed by atoms with Crippen molar-refractivity contribution in [2.24, 2.45) is 29.6 Å². The Morgan fingerprint density at radius 1 is 0.857 bits per heavy atom. The summed E-state index contributed by atoms with van der Waals surface area (Å²) in [4.78, 5) is 0. The highest BCUT2D eigenvalue weighted by molar-refractivity contribution is 4.78. The van der Waals surface area contributed by atoms with Crippen LogP contribution >= 0.6 is 0 Å². The van der Waals surface area contributed by atoms with E-state index < -0.39 is 0 Å². The second-order valence-electron chi connectivity index (χ2n) is 6.09. The monoisotopic (exact) mass is 196 g/mol. The van der Waals surface area contributed by atoms with E-state index in [2.05, 4.69) is 34.6 Å². The summed E-state index contributed by atoms with van der Waals surface area (Å²) in [6.45, 7) is 12.0. The molecule has 14 heavy (non-hydrogen) atoms. The highest BCUT2D eigenvalue weighted by Gasteiger charge is 2.26. The molecule has 0 aliphatic heterocycles. The Bertz CT molecular complexity index is 155. The van der Waals surface area contributed by atoms with Gasteiger partial charge in [-0.05, 0) is 42.4 Å². The van der Waals surface area contributed by atoms with E-state index in [0.29, 0.717) is 0 Å². The molecule has 0 saturated heterocycles. The zero-order valence-electron chi connectivity index (χ0n) is 10.7. The van der Waals surface area contributed by atoms with Gasteiger partial charge >= 0.3 is 0 Å². The smallest absolute Gasteiger partial charge is 0.0411 e. The van der Waals surface area contributed by atoms with Gasteiger partial charge in [-0.2, -0.15) is 0 Å². The topological polar surface area (TPSA) is 0 Å². The molecule has 3 unspecified atom stereocenters. The Labute approximate surface area is 90.5 Å². The van der Waals surface area contributed by atoms with Crippen LogP contribution in [0.5, 0.6) is 0 Å². The molecule has 0 N–H and O–H groups in total. The zero-order chi connectivity index (χ0) is 10.7. The Kier molecular flexibility index (Phi) is 4.47. The van der Waals surface area contributed by atoms with Gasteiger partial charge in [0.2, 0.25) is 0 Å². The summed E-state index contributed by atoms with van der Waals surface area (Å²) < 4.78 is 0. The fourth-order valence-electron chi connectivity index (χ4n) is 2.20. The van der Waals surface area contributed by atoms with E-state index in [9.17, 15) is 0 Å². The lowest BCUT2D eigenvalue weighted by atomic mass is 9.81. The normalized spacial score (nSPS) is 23.6. The van der Waals surface area contributed by atoms with Gasteiger partial charge in [-0.25, -0.2) is 0 Å². The maximum Gasteiger partial charge on any atom is -0.0411 e. The van der Waals surface area contributed by atoms with Crippen LogP contribution < -0.4 is 0 Å². The third kappa shape index (κ3) is 4.02. The van der Waals surface area contributed by atoms with Crippen LogP contribution in [0.2, 0.25) is 0 Å². The van der Waals surface area contributed by atoms with E-state index in [-0.39, 0.29) is 0 Å². The van der Waals surface area contributed by atoms with E-state index in [1.54, 1.807) is 0 Å². The van der Waals surface area contributed by atoms with Crippen molar-refractivity contribution in [1.29, 1.82) is 0 Å². The minimum absolute atomic E-state index is 0.852. The quantitative estimate of drug-likeness (QED) is 0.575. The predicted molar refractivity (Wildman–Crippen MR) is 64.3 cm³/mol. The van der Waals surface area contributed by atoms with Crippen LogP contribution in [0, 0.1) is 29.6 Å². The highest BCUT2D eigenvalue weighted by atomic mass is 14.3. The lowest BCUT2D eigenvalue weighted by Crippen LogP contribution is -2.15. The highest BCUT2D eigenvalue weighted by Crippen LogP contribution is 2.38. The first-order chi connectivity index (χ1) is 6.50. The third-order valence-corrected chi connectivity index (χ3v) is 4.26. The van der Waals surface area contributed by atoms with Gasteiger partial charge in [0.25, 0.3) is 0 Å². The molecule has 1 aliphatic carbocycles. The third-order valence-electron chi connectivity index (χ3n) is 4.26. The average molecular weight is 196 g/mol. The fourth-order valence-corrected chi connectivity index (χ4v) is 2.20. The van der Waals surface area contributed by atoms with Crippen molar-refractivity contribution in [3.8, 4) is 0 Å². The van der Waals surface area contributed by atoms with Crippen LogP contribution in [-0.4, -0.2) is 0 Å². The van der Waals surface area contributed by atoms with E-state index in [0.717, 1.165) is 29.6 Å². The lowest BCUT2D eigenvalue weighted by Gasteiger charge is -2.25. The molecule has 1 aliphatic rings. The van der Waals surface area contributed by atoms with Gasteiger partial charge in [0.15, 0.2) is 0 Å². The second-order valence-corrected chi connectivity index (χ2v) is 6.09. The van der Waals surface area contributed by atoms with Gasteiger partial charge in [-0.15, -0.1) is 0 Å². The molecule has 3 atom stereocenters. The average Bonchev–Trinajstić information content (AvgIpc) is 2.87. The van der Waals surface area contributed by atoms with Crippen LogP contribution in [0.25, 0.3) is 0 Å². The first-order valence-electron chi connectivity index (χ1n) is 6.50. The zero-order valence-corrected chi connectivity index (χ0v) is 10.7. The van der Waals surface area contributed by atoms with Gasteiger partial charge in [0.1, 0.15) is 0 Å². The van der Waals surface area contributed by atoms with Crippen LogP contribution in [0.15, 0.2) is 0 Å². The van der Waals surface area contributed by atoms with Crippen molar-refractivity contribution in [3.63, 3.8) is 0 Å². The molecule has 0 heterocycles. The summed E-state index contributed by atoms with van der Waals surface area (Å²) in [5.74, 6) is 4.72. The molecule has 0 heteroatoms. The number of hydrogen-bond donors (Lipinski definition) is 0. The van der Waals surface area contributed by atoms with E-state index in [1.807, 2.05) is 0 Å². The fraction of sp³-hybridized carbons (Fsp3) is 1.00. The van der Waals surface area contributed by atoms with Gasteiger partial charge in [0.05, 0.1) is 0 Å². The van der Waals surface area contributed by atoms with Crippen molar-refractivity contribution < 1.29 is 0 Å². The maximum atomic E-state index is 2.45. The molecule has 0 spiro atoms. The van der Waals surface area contributed by atoms with Crippen LogP contribution in [0.3, 0.4) is 0 Å². The van der Waals surface area contributed by atoms with Gasteiger partial charge in [-0.3, -0.25) is 0 Å². The van der Waals surface area contributed by atoms with E-state index in [1.165, 1.54) is 25.7 Å². The molecular formula is C14H28. The largest absolute Gasteiger partial charge is 0.0625 e. The Balaban J connectivity index is 2.21. The van der Waals surface area contributed by atoms with E-state index in [4.69, 9.17) is 0 Å². The minimum Gasteiger partial charge on any atom is -0.0625 e. The van der Waals surface area contributed by atoms with Crippen molar-refractivity contribution in [3.05, 3.63) is 0 Å².